The summed E-state index contributed by atoms with van der Waals surface area (Å²) in [6, 6.07) is 12.1. The zero-order valence-electron chi connectivity index (χ0n) is 23.4. The first-order valence-electron chi connectivity index (χ1n) is 12.4. The lowest BCUT2D eigenvalue weighted by molar-refractivity contribution is 0.0535. The van der Waals surface area contributed by atoms with Crippen molar-refractivity contribution in [3.05, 3.63) is 63.8 Å². The maximum atomic E-state index is 13.2. The maximum Gasteiger partial charge on any atom is 0.408 e. The highest BCUT2D eigenvalue weighted by Crippen LogP contribution is 2.34. The highest BCUT2D eigenvalue weighted by Gasteiger charge is 2.29. The summed E-state index contributed by atoms with van der Waals surface area (Å²) in [6.07, 6.45) is 0.944. The number of hydrogen-bond donors (Lipinski definition) is 2. The second kappa shape index (κ2) is 12.5. The van der Waals surface area contributed by atoms with E-state index in [9.17, 15) is 13.8 Å². The van der Waals surface area contributed by atoms with Gasteiger partial charge < -0.3 is 15.4 Å². The van der Waals surface area contributed by atoms with E-state index in [-0.39, 0.29) is 17.1 Å². The van der Waals surface area contributed by atoms with E-state index < -0.39 is 33.9 Å². The number of hydrogen-bond acceptors (Lipinski definition) is 5. The van der Waals surface area contributed by atoms with E-state index in [1.807, 2.05) is 20.8 Å². The predicted octanol–water partition coefficient (Wildman–Crippen LogP) is 5.99. The topological polar surface area (TPSA) is 102 Å². The van der Waals surface area contributed by atoms with Crippen molar-refractivity contribution in [2.24, 2.45) is 0 Å². The first-order valence-corrected chi connectivity index (χ1v) is 14.7. The summed E-state index contributed by atoms with van der Waals surface area (Å²) < 4.78 is 19.7. The van der Waals surface area contributed by atoms with E-state index in [0.717, 1.165) is 0 Å². The van der Waals surface area contributed by atoms with Gasteiger partial charge in [0.2, 0.25) is 0 Å². The van der Waals surface area contributed by atoms with Crippen molar-refractivity contribution in [2.45, 2.75) is 57.6 Å². The minimum Gasteiger partial charge on any atom is -0.444 e. The van der Waals surface area contributed by atoms with Crippen LogP contribution in [-0.2, 0) is 15.5 Å². The number of carbonyl (C=O) groups is 2. The van der Waals surface area contributed by atoms with Crippen LogP contribution in [0.25, 0.3) is 16.9 Å². The normalized spacial score (nSPS) is 12.2. The van der Waals surface area contributed by atoms with Gasteiger partial charge in [0.1, 0.15) is 5.60 Å². The van der Waals surface area contributed by atoms with E-state index in [1.54, 1.807) is 63.2 Å². The zero-order chi connectivity index (χ0) is 29.8. The van der Waals surface area contributed by atoms with Crippen LogP contribution in [0, 0.1) is 11.8 Å². The van der Waals surface area contributed by atoms with Crippen LogP contribution in [0.2, 0.25) is 10.0 Å². The minimum absolute atomic E-state index is 0.0360. The molecule has 0 bridgehead atoms. The van der Waals surface area contributed by atoms with Gasteiger partial charge in [-0.1, -0.05) is 47.2 Å². The SMILES string of the molecule is CS(=O)c1c(C(=O)NC(C)(C)C)nn(-c2ccc(C#CCNC(=O)OC(C)(C)C)cc2Cl)c1-c1ccc(Cl)cc1. The average Bonchev–Trinajstić information content (AvgIpc) is 3.21. The van der Waals surface area contributed by atoms with Gasteiger partial charge in [-0.15, -0.1) is 0 Å². The second-order valence-corrected chi connectivity index (χ2v) is 13.1. The molecule has 1 aromatic heterocycles. The lowest BCUT2D eigenvalue weighted by atomic mass is 10.1. The Morgan fingerprint density at radius 2 is 1.70 bits per heavy atom. The summed E-state index contributed by atoms with van der Waals surface area (Å²) in [5, 5.41) is 10.9. The van der Waals surface area contributed by atoms with Crippen molar-refractivity contribution >= 4 is 46.0 Å². The zero-order valence-corrected chi connectivity index (χ0v) is 25.8. The molecule has 212 valence electrons. The fourth-order valence-electron chi connectivity index (χ4n) is 3.59. The molecule has 1 atom stereocenters. The van der Waals surface area contributed by atoms with Crippen molar-refractivity contribution in [2.75, 3.05) is 12.8 Å². The molecule has 1 unspecified atom stereocenters. The Morgan fingerprint density at radius 3 is 2.25 bits per heavy atom. The van der Waals surface area contributed by atoms with Gasteiger partial charge in [-0.25, -0.2) is 9.48 Å². The van der Waals surface area contributed by atoms with Crippen molar-refractivity contribution in [1.29, 1.82) is 0 Å². The number of benzene rings is 2. The van der Waals surface area contributed by atoms with Crippen molar-refractivity contribution in [1.82, 2.24) is 20.4 Å². The Balaban J connectivity index is 2.04. The van der Waals surface area contributed by atoms with Gasteiger partial charge in [-0.3, -0.25) is 9.00 Å². The molecule has 0 fully saturated rings. The number of carbonyl (C=O) groups excluding carboxylic acids is 2. The van der Waals surface area contributed by atoms with Crippen molar-refractivity contribution in [3.63, 3.8) is 0 Å². The predicted molar refractivity (Wildman–Crippen MR) is 160 cm³/mol. The summed E-state index contributed by atoms with van der Waals surface area (Å²) in [7, 11) is -1.57. The largest absolute Gasteiger partial charge is 0.444 e. The van der Waals surface area contributed by atoms with Gasteiger partial charge in [0.25, 0.3) is 5.91 Å². The number of halogens is 2. The summed E-state index contributed by atoms with van der Waals surface area (Å²) in [5.41, 5.74) is 1.08. The van der Waals surface area contributed by atoms with Crippen LogP contribution >= 0.6 is 23.2 Å². The van der Waals surface area contributed by atoms with E-state index in [0.29, 0.717) is 32.6 Å². The molecule has 0 aliphatic rings. The van der Waals surface area contributed by atoms with E-state index in [4.69, 9.17) is 27.9 Å². The summed E-state index contributed by atoms with van der Waals surface area (Å²) in [5.74, 6) is 5.36. The van der Waals surface area contributed by atoms with Crippen molar-refractivity contribution < 1.29 is 18.5 Å². The van der Waals surface area contributed by atoms with E-state index in [1.165, 1.54) is 10.9 Å². The third kappa shape index (κ3) is 8.34. The van der Waals surface area contributed by atoms with Crippen LogP contribution in [0.1, 0.15) is 57.6 Å². The molecule has 2 aromatic carbocycles. The van der Waals surface area contributed by atoms with Crippen LogP contribution < -0.4 is 10.6 Å². The van der Waals surface area contributed by atoms with Gasteiger partial charge in [-0.05, 0) is 71.9 Å². The Hall–Kier alpha value is -3.32. The Kier molecular flexibility index (Phi) is 9.72. The lowest BCUT2D eigenvalue weighted by Gasteiger charge is -2.19. The summed E-state index contributed by atoms with van der Waals surface area (Å²) >= 11 is 12.8. The molecule has 2 N–H and O–H groups in total. The number of rotatable bonds is 5. The van der Waals surface area contributed by atoms with Crippen molar-refractivity contribution in [3.8, 4) is 28.8 Å². The first-order chi connectivity index (χ1) is 18.6. The van der Waals surface area contributed by atoms with Gasteiger partial charge >= 0.3 is 6.09 Å². The second-order valence-electron chi connectivity index (χ2n) is 10.9. The number of ether oxygens (including phenoxy) is 1. The number of aromatic nitrogens is 2. The van der Waals surface area contributed by atoms with E-state index in [2.05, 4.69) is 27.6 Å². The number of amides is 2. The molecular weight excluding hydrogens is 571 g/mol. The molecule has 0 saturated carbocycles. The first kappa shape index (κ1) is 31.2. The van der Waals surface area contributed by atoms with Crippen LogP contribution in [0.5, 0.6) is 0 Å². The number of nitrogens with one attached hydrogen (secondary N) is 2. The third-order valence-corrected chi connectivity index (χ3v) is 6.60. The molecule has 3 aromatic rings. The fraction of sp³-hybridized carbons (Fsp3) is 0.345. The quantitative estimate of drug-likeness (QED) is 0.349. The Labute approximate surface area is 247 Å². The summed E-state index contributed by atoms with van der Waals surface area (Å²) in [6.45, 7) is 11.0. The van der Waals surface area contributed by atoms with Crippen LogP contribution in [0.3, 0.4) is 0 Å². The smallest absolute Gasteiger partial charge is 0.408 e. The van der Waals surface area contributed by atoms with Gasteiger partial charge in [0, 0.05) is 27.9 Å². The highest BCUT2D eigenvalue weighted by molar-refractivity contribution is 7.84. The highest BCUT2D eigenvalue weighted by atomic mass is 35.5. The Morgan fingerprint density at radius 1 is 1.05 bits per heavy atom. The van der Waals surface area contributed by atoms with Gasteiger partial charge in [-0.2, -0.15) is 5.10 Å². The summed E-state index contributed by atoms with van der Waals surface area (Å²) in [4.78, 5) is 25.3. The minimum atomic E-state index is -1.57. The Bertz CT molecular complexity index is 1510. The average molecular weight is 604 g/mol. The lowest BCUT2D eigenvalue weighted by Crippen LogP contribution is -2.41. The van der Waals surface area contributed by atoms with Crippen LogP contribution in [-0.4, -0.2) is 49.9 Å². The molecular formula is C29H32Cl2N4O4S. The number of alkyl carbamates (subject to hydrolysis) is 1. The molecule has 0 spiro atoms. The van der Waals surface area contributed by atoms with Crippen LogP contribution in [0.15, 0.2) is 47.4 Å². The van der Waals surface area contributed by atoms with Gasteiger partial charge in [0.05, 0.1) is 38.6 Å². The standard InChI is InChI=1S/C29H32Cl2N4O4S/c1-28(2,3)33-26(36)23-25(40(7)38)24(19-11-13-20(30)14-12-19)35(34-23)22-15-10-18(17-21(22)31)9-8-16-32-27(37)39-29(4,5)6/h10-15,17H,16H2,1-7H3,(H,32,37)(H,33,36). The molecule has 2 amide bonds. The molecule has 1 heterocycles. The molecule has 0 aliphatic heterocycles. The molecule has 0 saturated heterocycles. The molecule has 0 aliphatic carbocycles. The monoisotopic (exact) mass is 602 g/mol. The molecule has 8 nitrogen and oxygen atoms in total. The molecule has 3 rings (SSSR count). The molecule has 40 heavy (non-hydrogen) atoms. The molecule has 11 heteroatoms. The fourth-order valence-corrected chi connectivity index (χ4v) is 4.86. The van der Waals surface area contributed by atoms with Gasteiger partial charge in [0.15, 0.2) is 5.69 Å². The third-order valence-electron chi connectivity index (χ3n) is 5.08. The van der Waals surface area contributed by atoms with Crippen LogP contribution in [0.4, 0.5) is 4.79 Å². The maximum absolute atomic E-state index is 13.2. The number of nitrogens with zero attached hydrogens (tertiary/aromatic N) is 2. The molecule has 0 radical (unpaired) electrons. The van der Waals surface area contributed by atoms with E-state index >= 15 is 0 Å².